The van der Waals surface area contributed by atoms with Gasteiger partial charge in [0.2, 0.25) is 5.91 Å². The van der Waals surface area contributed by atoms with Crippen LogP contribution in [0.2, 0.25) is 0 Å². The van der Waals surface area contributed by atoms with Gasteiger partial charge in [0.25, 0.3) is 0 Å². The molecule has 0 unspecified atom stereocenters. The van der Waals surface area contributed by atoms with Gasteiger partial charge < -0.3 is 14.6 Å². The summed E-state index contributed by atoms with van der Waals surface area (Å²) in [5.74, 6) is -0.542. The van der Waals surface area contributed by atoms with Crippen molar-refractivity contribution in [3.8, 4) is 0 Å². The van der Waals surface area contributed by atoms with Crippen LogP contribution in [0.15, 0.2) is 0 Å². The van der Waals surface area contributed by atoms with Crippen molar-refractivity contribution < 1.29 is 28.6 Å². The number of amides is 3. The third-order valence-electron chi connectivity index (χ3n) is 3.49. The fraction of sp³-hybridized carbons (Fsp3) is 0.818. The maximum atomic E-state index is 13.7. The summed E-state index contributed by atoms with van der Waals surface area (Å²) in [5.41, 5.74) is 0. The van der Waals surface area contributed by atoms with E-state index in [2.05, 4.69) is 21.2 Å². The van der Waals surface area contributed by atoms with Crippen LogP contribution < -0.4 is 5.32 Å². The lowest BCUT2D eigenvalue weighted by molar-refractivity contribution is -0.153. The first kappa shape index (κ1) is 15.6. The average molecular weight is 355 g/mol. The molecule has 0 aromatic heterocycles. The van der Waals surface area contributed by atoms with Crippen LogP contribution in [-0.2, 0) is 14.3 Å². The molecule has 0 saturated carbocycles. The Bertz CT molecular complexity index is 422. The first-order valence-electron chi connectivity index (χ1n) is 6.08. The number of aliphatic hydroxyl groups excluding tert-OH is 1. The zero-order chi connectivity index (χ0) is 15.1. The number of carbonyl (C=O) groups excluding carboxylic acids is 2. The molecule has 2 fully saturated rings. The molecule has 0 aromatic carbocycles. The molecule has 0 radical (unpaired) electrons. The standard InChI is InChI=1S/C11H16BrFN2O5/c1-11(12)8(17)14-10(18)15(9(11)19-2)7-3-5(13)6(4-16)20-7/h5-7,9,16H,3-4H2,1-2H3,(H,14,17,18)/t5-,6+,7+,9-,11+/m0/s1. The van der Waals surface area contributed by atoms with E-state index < -0.39 is 47.6 Å². The number of urea groups is 1. The molecule has 114 valence electrons. The second-order valence-corrected chi connectivity index (χ2v) is 6.54. The summed E-state index contributed by atoms with van der Waals surface area (Å²) >= 11 is 3.22. The number of imide groups is 1. The molecule has 9 heteroatoms. The summed E-state index contributed by atoms with van der Waals surface area (Å²) in [7, 11) is 1.34. The fourth-order valence-electron chi connectivity index (χ4n) is 2.40. The highest BCUT2D eigenvalue weighted by Gasteiger charge is 2.54. The van der Waals surface area contributed by atoms with Crippen molar-refractivity contribution in [3.63, 3.8) is 0 Å². The van der Waals surface area contributed by atoms with Gasteiger partial charge >= 0.3 is 6.03 Å². The number of ether oxygens (including phenoxy) is 2. The van der Waals surface area contributed by atoms with Crippen LogP contribution in [-0.4, -0.2) is 64.7 Å². The largest absolute Gasteiger partial charge is 0.394 e. The van der Waals surface area contributed by atoms with E-state index >= 15 is 0 Å². The summed E-state index contributed by atoms with van der Waals surface area (Å²) in [5, 5.41) is 11.2. The number of nitrogens with one attached hydrogen (secondary N) is 1. The quantitative estimate of drug-likeness (QED) is 0.702. The van der Waals surface area contributed by atoms with Gasteiger partial charge in [0.15, 0.2) is 6.23 Å². The number of aliphatic hydroxyl groups is 1. The fourth-order valence-corrected chi connectivity index (χ4v) is 2.91. The summed E-state index contributed by atoms with van der Waals surface area (Å²) in [4.78, 5) is 24.9. The molecule has 5 atom stereocenters. The molecule has 20 heavy (non-hydrogen) atoms. The van der Waals surface area contributed by atoms with Gasteiger partial charge in [-0.05, 0) is 6.92 Å². The maximum Gasteiger partial charge on any atom is 0.328 e. The van der Waals surface area contributed by atoms with Gasteiger partial charge in [-0.25, -0.2) is 9.18 Å². The summed E-state index contributed by atoms with van der Waals surface area (Å²) in [6.07, 6.45) is -4.30. The van der Waals surface area contributed by atoms with Crippen molar-refractivity contribution in [2.24, 2.45) is 0 Å². The number of methoxy groups -OCH3 is 1. The molecule has 2 heterocycles. The van der Waals surface area contributed by atoms with Gasteiger partial charge in [-0.2, -0.15) is 0 Å². The third kappa shape index (κ3) is 2.43. The number of nitrogens with zero attached hydrogens (tertiary/aromatic N) is 1. The molecule has 2 aliphatic rings. The van der Waals surface area contributed by atoms with Crippen LogP contribution in [0.25, 0.3) is 0 Å². The van der Waals surface area contributed by atoms with Crippen LogP contribution >= 0.6 is 15.9 Å². The van der Waals surface area contributed by atoms with E-state index in [-0.39, 0.29) is 6.42 Å². The second kappa shape index (κ2) is 5.55. The van der Waals surface area contributed by atoms with Gasteiger partial charge in [-0.1, -0.05) is 15.9 Å². The van der Waals surface area contributed by atoms with E-state index in [1.807, 2.05) is 0 Å². The smallest absolute Gasteiger partial charge is 0.328 e. The normalized spacial score (nSPS) is 42.0. The first-order valence-corrected chi connectivity index (χ1v) is 6.88. The summed E-state index contributed by atoms with van der Waals surface area (Å²) in [6.45, 7) is 1.07. The Hall–Kier alpha value is -0.770. The number of carbonyl (C=O) groups is 2. The van der Waals surface area contributed by atoms with Gasteiger partial charge in [0, 0.05) is 13.5 Å². The van der Waals surface area contributed by atoms with Crippen LogP contribution in [0, 0.1) is 0 Å². The lowest BCUT2D eigenvalue weighted by atomic mass is 10.0. The minimum Gasteiger partial charge on any atom is -0.394 e. The first-order chi connectivity index (χ1) is 9.32. The SMILES string of the molecule is CO[C@@H]1N([C@H]2C[C@H](F)[C@@H](CO)O2)C(=O)NC(=O)[C@@]1(C)Br. The predicted octanol–water partition coefficient (Wildman–Crippen LogP) is 0.110. The van der Waals surface area contributed by atoms with Gasteiger partial charge in [-0.15, -0.1) is 0 Å². The molecule has 0 spiro atoms. The summed E-state index contributed by atoms with van der Waals surface area (Å²) in [6, 6.07) is -0.713. The van der Waals surface area contributed by atoms with Crippen molar-refractivity contribution in [2.45, 2.75) is 42.4 Å². The predicted molar refractivity (Wildman–Crippen MR) is 68.8 cm³/mol. The number of halogens is 2. The van der Waals surface area contributed by atoms with Crippen molar-refractivity contribution >= 4 is 27.9 Å². The lowest BCUT2D eigenvalue weighted by Gasteiger charge is -2.44. The Kier molecular flexibility index (Phi) is 4.33. The minimum atomic E-state index is -1.38. The Labute approximate surface area is 123 Å². The number of hydrogen-bond acceptors (Lipinski definition) is 5. The molecule has 0 aliphatic carbocycles. The molecule has 7 nitrogen and oxygen atoms in total. The molecule has 2 aliphatic heterocycles. The topological polar surface area (TPSA) is 88.1 Å². The zero-order valence-electron chi connectivity index (χ0n) is 11.0. The Morgan fingerprint density at radius 3 is 2.80 bits per heavy atom. The van der Waals surface area contributed by atoms with Gasteiger partial charge in [-0.3, -0.25) is 15.0 Å². The Morgan fingerprint density at radius 1 is 1.65 bits per heavy atom. The van der Waals surface area contributed by atoms with Crippen molar-refractivity contribution in [2.75, 3.05) is 13.7 Å². The van der Waals surface area contributed by atoms with E-state index in [1.54, 1.807) is 6.92 Å². The van der Waals surface area contributed by atoms with E-state index in [9.17, 15) is 14.0 Å². The third-order valence-corrected chi connectivity index (χ3v) is 4.24. The number of hydrogen-bond donors (Lipinski definition) is 2. The highest BCUT2D eigenvalue weighted by molar-refractivity contribution is 9.10. The van der Waals surface area contributed by atoms with E-state index in [0.29, 0.717) is 0 Å². The highest BCUT2D eigenvalue weighted by Crippen LogP contribution is 2.35. The van der Waals surface area contributed by atoms with E-state index in [0.717, 1.165) is 4.90 Å². The molecule has 2 saturated heterocycles. The minimum absolute atomic E-state index is 0.0875. The average Bonchev–Trinajstić information content (AvgIpc) is 2.74. The number of rotatable bonds is 3. The van der Waals surface area contributed by atoms with Gasteiger partial charge in [0.1, 0.15) is 22.8 Å². The second-order valence-electron chi connectivity index (χ2n) is 4.89. The van der Waals surface area contributed by atoms with E-state index in [1.165, 1.54) is 7.11 Å². The Morgan fingerprint density at radius 2 is 2.30 bits per heavy atom. The van der Waals surface area contributed by atoms with Crippen molar-refractivity contribution in [3.05, 3.63) is 0 Å². The van der Waals surface area contributed by atoms with Crippen LogP contribution in [0.5, 0.6) is 0 Å². The summed E-state index contributed by atoms with van der Waals surface area (Å²) < 4.78 is 23.0. The van der Waals surface area contributed by atoms with E-state index in [4.69, 9.17) is 14.6 Å². The Balaban J connectivity index is 2.25. The van der Waals surface area contributed by atoms with Crippen LogP contribution in [0.4, 0.5) is 9.18 Å². The van der Waals surface area contributed by atoms with Crippen molar-refractivity contribution in [1.82, 2.24) is 10.2 Å². The molecule has 2 rings (SSSR count). The van der Waals surface area contributed by atoms with Crippen LogP contribution in [0.1, 0.15) is 13.3 Å². The van der Waals surface area contributed by atoms with Gasteiger partial charge in [0.05, 0.1) is 6.61 Å². The molecular formula is C11H16BrFN2O5. The zero-order valence-corrected chi connectivity index (χ0v) is 12.6. The molecule has 2 N–H and O–H groups in total. The number of alkyl halides is 2. The highest BCUT2D eigenvalue weighted by atomic mass is 79.9. The lowest BCUT2D eigenvalue weighted by Crippen LogP contribution is -2.69. The molecular weight excluding hydrogens is 339 g/mol. The monoisotopic (exact) mass is 354 g/mol. The van der Waals surface area contributed by atoms with Crippen LogP contribution in [0.3, 0.4) is 0 Å². The van der Waals surface area contributed by atoms with Crippen molar-refractivity contribution in [1.29, 1.82) is 0 Å². The molecule has 0 bridgehead atoms. The maximum absolute atomic E-state index is 13.7. The molecule has 3 amide bonds. The molecule has 0 aromatic rings.